The second-order valence-electron chi connectivity index (χ2n) is 8.59. The molecule has 0 spiro atoms. The highest BCUT2D eigenvalue weighted by Crippen LogP contribution is 2.11. The summed E-state index contributed by atoms with van der Waals surface area (Å²) in [4.78, 5) is 2.01. The van der Waals surface area contributed by atoms with E-state index in [9.17, 15) is 15.3 Å². The molecule has 0 aliphatic heterocycles. The van der Waals surface area contributed by atoms with E-state index in [2.05, 4.69) is 38.2 Å². The Morgan fingerprint density at radius 3 is 1.47 bits per heavy atom. The first-order valence-electron chi connectivity index (χ1n) is 12.6. The fourth-order valence-corrected chi connectivity index (χ4v) is 3.62. The molecule has 0 aromatic rings. The van der Waals surface area contributed by atoms with Gasteiger partial charge in [-0.2, -0.15) is 0 Å². The molecule has 0 rings (SSSR count). The third-order valence-electron chi connectivity index (χ3n) is 5.41. The van der Waals surface area contributed by atoms with Crippen LogP contribution in [-0.2, 0) is 0 Å². The molecule has 0 aliphatic carbocycles. The number of rotatable bonds is 22. The van der Waals surface area contributed by atoms with Gasteiger partial charge in [0.1, 0.15) is 0 Å². The standard InChI is InChI=1S/C26H51NO3/c1-3-5-7-9-11-13-15-17-19-25(29)23-27(21-22-28)24-26(30)20-18-16-14-12-10-8-6-4-2/h7-10,25-26,28-30H,3-6,11-24H2,1-2H3/b9-7+,10-8+. The third-order valence-corrected chi connectivity index (χ3v) is 5.41. The smallest absolute Gasteiger partial charge is 0.0667 e. The van der Waals surface area contributed by atoms with Crippen molar-refractivity contribution in [3.63, 3.8) is 0 Å². The van der Waals surface area contributed by atoms with Gasteiger partial charge >= 0.3 is 0 Å². The minimum absolute atomic E-state index is 0.0631. The van der Waals surface area contributed by atoms with E-state index in [0.717, 1.165) is 51.4 Å². The lowest BCUT2D eigenvalue weighted by molar-refractivity contribution is 0.0519. The Balaban J connectivity index is 3.87. The van der Waals surface area contributed by atoms with Crippen molar-refractivity contribution in [2.75, 3.05) is 26.2 Å². The number of aliphatic hydroxyl groups excluding tert-OH is 3. The first kappa shape index (κ1) is 29.3. The van der Waals surface area contributed by atoms with Crippen molar-refractivity contribution in [2.45, 2.75) is 116 Å². The van der Waals surface area contributed by atoms with Crippen LogP contribution in [0.5, 0.6) is 0 Å². The average Bonchev–Trinajstić information content (AvgIpc) is 2.72. The molecule has 2 atom stereocenters. The highest BCUT2D eigenvalue weighted by atomic mass is 16.3. The van der Waals surface area contributed by atoms with E-state index < -0.39 is 0 Å². The van der Waals surface area contributed by atoms with Crippen molar-refractivity contribution in [1.82, 2.24) is 4.90 Å². The topological polar surface area (TPSA) is 63.9 Å². The van der Waals surface area contributed by atoms with Gasteiger partial charge in [-0.25, -0.2) is 0 Å². The van der Waals surface area contributed by atoms with Crippen LogP contribution in [0.3, 0.4) is 0 Å². The second-order valence-corrected chi connectivity index (χ2v) is 8.59. The molecular formula is C26H51NO3. The van der Waals surface area contributed by atoms with Crippen molar-refractivity contribution in [2.24, 2.45) is 0 Å². The van der Waals surface area contributed by atoms with Crippen molar-refractivity contribution in [3.05, 3.63) is 24.3 Å². The van der Waals surface area contributed by atoms with E-state index >= 15 is 0 Å². The van der Waals surface area contributed by atoms with Gasteiger partial charge in [0.25, 0.3) is 0 Å². The molecule has 0 aromatic carbocycles. The second kappa shape index (κ2) is 23.0. The Morgan fingerprint density at radius 1 is 0.633 bits per heavy atom. The Morgan fingerprint density at radius 2 is 1.07 bits per heavy atom. The minimum atomic E-state index is -0.380. The quantitative estimate of drug-likeness (QED) is 0.156. The number of allylic oxidation sites excluding steroid dienone is 4. The van der Waals surface area contributed by atoms with Gasteiger partial charge in [0.05, 0.1) is 18.8 Å². The zero-order valence-electron chi connectivity index (χ0n) is 20.0. The number of hydrogen-bond acceptors (Lipinski definition) is 4. The van der Waals surface area contributed by atoms with E-state index in [1.54, 1.807) is 0 Å². The zero-order valence-corrected chi connectivity index (χ0v) is 20.0. The lowest BCUT2D eigenvalue weighted by Crippen LogP contribution is -2.39. The predicted octanol–water partition coefficient (Wildman–Crippen LogP) is 5.62. The molecule has 0 saturated carbocycles. The molecular weight excluding hydrogens is 374 g/mol. The van der Waals surface area contributed by atoms with Crippen LogP contribution in [0.4, 0.5) is 0 Å². The molecule has 0 fully saturated rings. The lowest BCUT2D eigenvalue weighted by Gasteiger charge is -2.26. The first-order chi connectivity index (χ1) is 14.6. The van der Waals surface area contributed by atoms with Gasteiger partial charge in [0.2, 0.25) is 0 Å². The fraction of sp³-hybridized carbons (Fsp3) is 0.846. The van der Waals surface area contributed by atoms with Gasteiger partial charge in [-0.3, -0.25) is 4.90 Å². The predicted molar refractivity (Wildman–Crippen MR) is 130 cm³/mol. The summed E-state index contributed by atoms with van der Waals surface area (Å²) in [5, 5.41) is 30.0. The SMILES string of the molecule is CCC/C=C/CCCCCC(O)CN(CCO)CC(O)CCCCC/C=C/CCC. The summed E-state index contributed by atoms with van der Waals surface area (Å²) < 4.78 is 0. The Labute approximate surface area is 187 Å². The van der Waals surface area contributed by atoms with E-state index in [1.807, 2.05) is 4.90 Å². The van der Waals surface area contributed by atoms with Crippen molar-refractivity contribution in [1.29, 1.82) is 0 Å². The summed E-state index contributed by atoms with van der Waals surface area (Å²) in [6, 6.07) is 0. The van der Waals surface area contributed by atoms with Gasteiger partial charge in [-0.1, -0.05) is 76.7 Å². The summed E-state index contributed by atoms with van der Waals surface area (Å²) >= 11 is 0. The minimum Gasteiger partial charge on any atom is -0.395 e. The van der Waals surface area contributed by atoms with Crippen molar-refractivity contribution >= 4 is 0 Å². The lowest BCUT2D eigenvalue weighted by atomic mass is 10.1. The molecule has 0 saturated heterocycles. The third kappa shape index (κ3) is 20.6. The molecule has 0 amide bonds. The fourth-order valence-electron chi connectivity index (χ4n) is 3.62. The normalized spacial score (nSPS) is 14.3. The Kier molecular flexibility index (Phi) is 22.5. The molecule has 0 aliphatic rings. The summed E-state index contributed by atoms with van der Waals surface area (Å²) in [5.41, 5.74) is 0. The van der Waals surface area contributed by atoms with Gasteiger partial charge in [-0.15, -0.1) is 0 Å². The van der Waals surface area contributed by atoms with Crippen LogP contribution < -0.4 is 0 Å². The van der Waals surface area contributed by atoms with Gasteiger partial charge < -0.3 is 15.3 Å². The molecule has 2 unspecified atom stereocenters. The average molecular weight is 426 g/mol. The monoisotopic (exact) mass is 425 g/mol. The Hall–Kier alpha value is -0.680. The molecule has 0 aromatic heterocycles. The van der Waals surface area contributed by atoms with Crippen LogP contribution in [0, 0.1) is 0 Å². The van der Waals surface area contributed by atoms with Crippen molar-refractivity contribution in [3.8, 4) is 0 Å². The number of aliphatic hydroxyl groups is 3. The van der Waals surface area contributed by atoms with E-state index in [-0.39, 0.29) is 18.8 Å². The molecule has 0 bridgehead atoms. The van der Waals surface area contributed by atoms with Gasteiger partial charge in [0.15, 0.2) is 0 Å². The molecule has 0 heterocycles. The summed E-state index contributed by atoms with van der Waals surface area (Å²) in [6.45, 7) is 6.04. The van der Waals surface area contributed by atoms with Crippen molar-refractivity contribution < 1.29 is 15.3 Å². The maximum Gasteiger partial charge on any atom is 0.0667 e. The van der Waals surface area contributed by atoms with E-state index in [4.69, 9.17) is 0 Å². The van der Waals surface area contributed by atoms with E-state index in [1.165, 1.54) is 38.5 Å². The van der Waals surface area contributed by atoms with Crippen LogP contribution in [0.1, 0.15) is 104 Å². The molecule has 3 N–H and O–H groups in total. The van der Waals surface area contributed by atoms with Crippen LogP contribution in [0.25, 0.3) is 0 Å². The Bertz CT molecular complexity index is 364. The highest BCUT2D eigenvalue weighted by molar-refractivity contribution is 4.81. The van der Waals surface area contributed by atoms with Crippen LogP contribution in [0.2, 0.25) is 0 Å². The molecule has 4 heteroatoms. The van der Waals surface area contributed by atoms with E-state index in [0.29, 0.717) is 19.6 Å². The molecule has 4 nitrogen and oxygen atoms in total. The number of hydrogen-bond donors (Lipinski definition) is 3. The summed E-state index contributed by atoms with van der Waals surface area (Å²) in [6.07, 6.45) is 23.6. The largest absolute Gasteiger partial charge is 0.395 e. The number of unbranched alkanes of at least 4 members (excludes halogenated alkanes) is 8. The first-order valence-corrected chi connectivity index (χ1v) is 12.6. The maximum absolute atomic E-state index is 10.3. The zero-order chi connectivity index (χ0) is 22.3. The number of nitrogens with zero attached hydrogens (tertiary/aromatic N) is 1. The van der Waals surface area contributed by atoms with Crippen LogP contribution in [0.15, 0.2) is 24.3 Å². The van der Waals surface area contributed by atoms with Crippen LogP contribution >= 0.6 is 0 Å². The molecule has 30 heavy (non-hydrogen) atoms. The molecule has 0 radical (unpaired) electrons. The highest BCUT2D eigenvalue weighted by Gasteiger charge is 2.15. The maximum atomic E-state index is 10.3. The molecule has 178 valence electrons. The summed E-state index contributed by atoms with van der Waals surface area (Å²) in [7, 11) is 0. The van der Waals surface area contributed by atoms with Gasteiger partial charge in [0, 0.05) is 19.6 Å². The van der Waals surface area contributed by atoms with Gasteiger partial charge in [-0.05, 0) is 51.4 Å². The van der Waals surface area contributed by atoms with Crippen LogP contribution in [-0.4, -0.2) is 58.7 Å². The summed E-state index contributed by atoms with van der Waals surface area (Å²) in [5.74, 6) is 0.